The van der Waals surface area contributed by atoms with Gasteiger partial charge in [-0.25, -0.2) is 9.97 Å². The topological polar surface area (TPSA) is 106 Å². The van der Waals surface area contributed by atoms with E-state index in [0.29, 0.717) is 24.5 Å². The summed E-state index contributed by atoms with van der Waals surface area (Å²) in [5.41, 5.74) is 0.558. The molecule has 25 heavy (non-hydrogen) atoms. The molecular formula is C16H18N6O3. The molecule has 1 atom stereocenters. The van der Waals surface area contributed by atoms with Crippen LogP contribution in [0.3, 0.4) is 0 Å². The van der Waals surface area contributed by atoms with Crippen molar-refractivity contribution < 1.29 is 14.3 Å². The number of ether oxygens (including phenoxy) is 2. The van der Waals surface area contributed by atoms with Crippen LogP contribution >= 0.6 is 0 Å². The van der Waals surface area contributed by atoms with Gasteiger partial charge in [0.2, 0.25) is 11.6 Å². The molecule has 0 aliphatic carbocycles. The zero-order chi connectivity index (χ0) is 17.8. The zero-order valence-corrected chi connectivity index (χ0v) is 14.0. The standard InChI is InChI=1S/C16H18N6O3/c1-21-10-12(14(20-21)24-2)16(23)22-7-3-4-11(9-22)25-15-13(8-17)18-5-6-19-15/h5-6,10-11H,3-4,7,9H2,1-2H3/t11-/m1/s1. The van der Waals surface area contributed by atoms with E-state index < -0.39 is 0 Å². The normalized spacial score (nSPS) is 17.0. The van der Waals surface area contributed by atoms with Crippen LogP contribution < -0.4 is 9.47 Å². The Hall–Kier alpha value is -3.15. The van der Waals surface area contributed by atoms with Gasteiger partial charge in [-0.3, -0.25) is 9.48 Å². The van der Waals surface area contributed by atoms with Crippen LogP contribution in [-0.4, -0.2) is 56.9 Å². The number of carbonyl (C=O) groups is 1. The summed E-state index contributed by atoms with van der Waals surface area (Å²) < 4.78 is 12.5. The molecule has 0 N–H and O–H groups in total. The minimum atomic E-state index is -0.246. The molecule has 130 valence electrons. The Kier molecular flexibility index (Phi) is 4.79. The molecule has 1 aliphatic heterocycles. The molecule has 2 aromatic rings. The molecule has 0 saturated carbocycles. The third-order valence-electron chi connectivity index (χ3n) is 3.93. The fraction of sp³-hybridized carbons (Fsp3) is 0.438. The Balaban J connectivity index is 1.73. The number of methoxy groups -OCH3 is 1. The van der Waals surface area contributed by atoms with Crippen molar-refractivity contribution in [3.05, 3.63) is 29.8 Å². The second kappa shape index (κ2) is 7.17. The van der Waals surface area contributed by atoms with Gasteiger partial charge in [-0.15, -0.1) is 5.10 Å². The van der Waals surface area contributed by atoms with E-state index in [0.717, 1.165) is 12.8 Å². The second-order valence-electron chi connectivity index (χ2n) is 5.68. The summed E-state index contributed by atoms with van der Waals surface area (Å²) in [6.07, 6.45) is 5.88. The number of carbonyl (C=O) groups excluding carboxylic acids is 1. The molecule has 1 aliphatic rings. The van der Waals surface area contributed by atoms with E-state index in [1.54, 1.807) is 22.8 Å². The van der Waals surface area contributed by atoms with Crippen molar-refractivity contribution in [3.8, 4) is 17.8 Å². The summed E-state index contributed by atoms with van der Waals surface area (Å²) in [5.74, 6) is 0.345. The minimum absolute atomic E-state index is 0.139. The number of aromatic nitrogens is 4. The first-order valence-electron chi connectivity index (χ1n) is 7.87. The first-order chi connectivity index (χ1) is 12.1. The Morgan fingerprint density at radius 2 is 2.16 bits per heavy atom. The van der Waals surface area contributed by atoms with Crippen LogP contribution in [0.2, 0.25) is 0 Å². The second-order valence-corrected chi connectivity index (χ2v) is 5.68. The Bertz CT molecular complexity index is 812. The monoisotopic (exact) mass is 342 g/mol. The molecule has 1 saturated heterocycles. The molecule has 1 amide bonds. The van der Waals surface area contributed by atoms with Gasteiger partial charge in [0.05, 0.1) is 13.7 Å². The van der Waals surface area contributed by atoms with E-state index >= 15 is 0 Å². The van der Waals surface area contributed by atoms with E-state index in [-0.39, 0.29) is 23.6 Å². The molecule has 9 heteroatoms. The highest BCUT2D eigenvalue weighted by Crippen LogP contribution is 2.22. The van der Waals surface area contributed by atoms with Gasteiger partial charge in [-0.1, -0.05) is 0 Å². The fourth-order valence-corrected chi connectivity index (χ4v) is 2.80. The summed E-state index contributed by atoms with van der Waals surface area (Å²) in [7, 11) is 3.22. The number of nitriles is 1. The molecule has 1 fully saturated rings. The molecule has 0 aromatic carbocycles. The van der Waals surface area contributed by atoms with Gasteiger partial charge in [-0.2, -0.15) is 5.26 Å². The Morgan fingerprint density at radius 3 is 2.92 bits per heavy atom. The first-order valence-corrected chi connectivity index (χ1v) is 7.87. The average molecular weight is 342 g/mol. The molecule has 0 bridgehead atoms. The third-order valence-corrected chi connectivity index (χ3v) is 3.93. The van der Waals surface area contributed by atoms with E-state index in [2.05, 4.69) is 15.1 Å². The summed E-state index contributed by atoms with van der Waals surface area (Å²) in [5, 5.41) is 13.2. The SMILES string of the molecule is COc1nn(C)cc1C(=O)N1CCC[C@@H](Oc2nccnc2C#N)C1. The number of hydrogen-bond acceptors (Lipinski definition) is 7. The Labute approximate surface area is 144 Å². The lowest BCUT2D eigenvalue weighted by molar-refractivity contribution is 0.0523. The predicted molar refractivity (Wildman–Crippen MR) is 86.1 cm³/mol. The van der Waals surface area contributed by atoms with Crippen LogP contribution in [-0.2, 0) is 7.05 Å². The minimum Gasteiger partial charge on any atom is -0.479 e. The van der Waals surface area contributed by atoms with Crippen LogP contribution in [0, 0.1) is 11.3 Å². The highest BCUT2D eigenvalue weighted by atomic mass is 16.5. The number of rotatable bonds is 4. The van der Waals surface area contributed by atoms with Crippen LogP contribution in [0.25, 0.3) is 0 Å². The van der Waals surface area contributed by atoms with Crippen LogP contribution in [0.5, 0.6) is 11.8 Å². The molecule has 2 aromatic heterocycles. The molecule has 0 spiro atoms. The lowest BCUT2D eigenvalue weighted by atomic mass is 10.1. The van der Waals surface area contributed by atoms with E-state index in [1.165, 1.54) is 19.5 Å². The van der Waals surface area contributed by atoms with Crippen molar-refractivity contribution in [2.24, 2.45) is 7.05 Å². The number of piperidine rings is 1. The summed E-state index contributed by atoms with van der Waals surface area (Å²) in [4.78, 5) is 22.5. The zero-order valence-electron chi connectivity index (χ0n) is 14.0. The van der Waals surface area contributed by atoms with E-state index in [4.69, 9.17) is 14.7 Å². The predicted octanol–water partition coefficient (Wildman–Crippen LogP) is 0.774. The number of amides is 1. The van der Waals surface area contributed by atoms with Crippen LogP contribution in [0.1, 0.15) is 28.9 Å². The molecule has 0 unspecified atom stereocenters. The number of hydrogen-bond donors (Lipinski definition) is 0. The fourth-order valence-electron chi connectivity index (χ4n) is 2.80. The maximum atomic E-state index is 12.8. The van der Waals surface area contributed by atoms with Gasteiger partial charge >= 0.3 is 0 Å². The van der Waals surface area contributed by atoms with Crippen molar-refractivity contribution >= 4 is 5.91 Å². The lowest BCUT2D eigenvalue weighted by Gasteiger charge is -2.32. The van der Waals surface area contributed by atoms with Crippen molar-refractivity contribution in [2.45, 2.75) is 18.9 Å². The van der Waals surface area contributed by atoms with Gasteiger partial charge in [0, 0.05) is 32.2 Å². The summed E-state index contributed by atoms with van der Waals surface area (Å²) in [6, 6.07) is 1.96. The lowest BCUT2D eigenvalue weighted by Crippen LogP contribution is -2.44. The molecule has 3 rings (SSSR count). The van der Waals surface area contributed by atoms with Crippen molar-refractivity contribution in [1.82, 2.24) is 24.6 Å². The quantitative estimate of drug-likeness (QED) is 0.808. The van der Waals surface area contributed by atoms with Gasteiger partial charge in [0.25, 0.3) is 11.8 Å². The first kappa shape index (κ1) is 16.7. The molecular weight excluding hydrogens is 324 g/mol. The number of aryl methyl sites for hydroxylation is 1. The van der Waals surface area contributed by atoms with E-state index in [1.807, 2.05) is 6.07 Å². The van der Waals surface area contributed by atoms with Gasteiger partial charge in [-0.05, 0) is 12.8 Å². The smallest absolute Gasteiger partial charge is 0.261 e. The van der Waals surface area contributed by atoms with Crippen molar-refractivity contribution in [2.75, 3.05) is 20.2 Å². The van der Waals surface area contributed by atoms with Crippen LogP contribution in [0.4, 0.5) is 0 Å². The van der Waals surface area contributed by atoms with E-state index in [9.17, 15) is 4.79 Å². The highest BCUT2D eigenvalue weighted by Gasteiger charge is 2.29. The largest absolute Gasteiger partial charge is 0.479 e. The van der Waals surface area contributed by atoms with Gasteiger partial charge in [0.1, 0.15) is 17.7 Å². The number of likely N-dealkylation sites (tertiary alicyclic amines) is 1. The third kappa shape index (κ3) is 3.52. The molecule has 9 nitrogen and oxygen atoms in total. The summed E-state index contributed by atoms with van der Waals surface area (Å²) in [6.45, 7) is 1.03. The number of nitrogens with zero attached hydrogens (tertiary/aromatic N) is 6. The maximum absolute atomic E-state index is 12.8. The van der Waals surface area contributed by atoms with Crippen molar-refractivity contribution in [3.63, 3.8) is 0 Å². The van der Waals surface area contributed by atoms with Gasteiger partial charge < -0.3 is 14.4 Å². The average Bonchev–Trinajstić information content (AvgIpc) is 3.02. The van der Waals surface area contributed by atoms with Crippen molar-refractivity contribution in [1.29, 1.82) is 5.26 Å². The van der Waals surface area contributed by atoms with Crippen LogP contribution in [0.15, 0.2) is 18.6 Å². The summed E-state index contributed by atoms with van der Waals surface area (Å²) >= 11 is 0. The molecule has 3 heterocycles. The highest BCUT2D eigenvalue weighted by molar-refractivity contribution is 5.96. The van der Waals surface area contributed by atoms with Gasteiger partial charge in [0.15, 0.2) is 0 Å². The molecule has 0 radical (unpaired) electrons. The maximum Gasteiger partial charge on any atom is 0.261 e. The Morgan fingerprint density at radius 1 is 1.36 bits per heavy atom.